The van der Waals surface area contributed by atoms with Gasteiger partial charge in [0.25, 0.3) is 0 Å². The van der Waals surface area contributed by atoms with Crippen LogP contribution in [0, 0.1) is 6.92 Å². The molecular weight excluding hydrogens is 334 g/mol. The standard InChI is InChI=1S/C15H21N3O5S/c1-10-6-11(18-23-10)16-12(19)8-24-9-13(20)17-15(7-14(21)22)4-2-3-5-15/h6H,2-5,7-9H2,1H3,(H,17,20)(H,21,22)(H,16,18,19). The summed E-state index contributed by atoms with van der Waals surface area (Å²) in [7, 11) is 0. The van der Waals surface area contributed by atoms with Crippen molar-refractivity contribution in [2.75, 3.05) is 16.8 Å². The van der Waals surface area contributed by atoms with Gasteiger partial charge in [-0.15, -0.1) is 11.8 Å². The Morgan fingerprint density at radius 2 is 1.96 bits per heavy atom. The SMILES string of the molecule is Cc1cc(NC(=O)CSCC(=O)NC2(CC(=O)O)CCCC2)no1. The van der Waals surface area contributed by atoms with Gasteiger partial charge in [0.1, 0.15) is 5.76 Å². The molecule has 2 rings (SSSR count). The third-order valence-corrected chi connectivity index (χ3v) is 4.75. The number of nitrogens with zero attached hydrogens (tertiary/aromatic N) is 1. The molecule has 0 spiro atoms. The van der Waals surface area contributed by atoms with Gasteiger partial charge in [-0.2, -0.15) is 0 Å². The first-order chi connectivity index (χ1) is 11.4. The maximum absolute atomic E-state index is 12.0. The summed E-state index contributed by atoms with van der Waals surface area (Å²) in [5.41, 5.74) is -0.635. The zero-order valence-corrected chi connectivity index (χ0v) is 14.3. The zero-order chi connectivity index (χ0) is 17.6. The van der Waals surface area contributed by atoms with Crippen LogP contribution in [-0.2, 0) is 14.4 Å². The minimum Gasteiger partial charge on any atom is -0.481 e. The molecule has 0 bridgehead atoms. The van der Waals surface area contributed by atoms with Gasteiger partial charge in [0.2, 0.25) is 11.8 Å². The number of rotatable bonds is 8. The summed E-state index contributed by atoms with van der Waals surface area (Å²) in [6, 6.07) is 1.60. The molecule has 0 radical (unpaired) electrons. The highest BCUT2D eigenvalue weighted by Gasteiger charge is 2.37. The van der Waals surface area contributed by atoms with Crippen LogP contribution in [0.1, 0.15) is 37.9 Å². The van der Waals surface area contributed by atoms with Gasteiger partial charge >= 0.3 is 5.97 Å². The second-order valence-electron chi connectivity index (χ2n) is 5.97. The van der Waals surface area contributed by atoms with Gasteiger partial charge in [-0.05, 0) is 19.8 Å². The first-order valence-electron chi connectivity index (χ1n) is 7.72. The lowest BCUT2D eigenvalue weighted by molar-refractivity contribution is -0.139. The summed E-state index contributed by atoms with van der Waals surface area (Å²) >= 11 is 1.17. The van der Waals surface area contributed by atoms with Gasteiger partial charge in [-0.25, -0.2) is 0 Å². The van der Waals surface area contributed by atoms with Crippen molar-refractivity contribution in [2.45, 2.75) is 44.6 Å². The number of hydrogen-bond donors (Lipinski definition) is 3. The van der Waals surface area contributed by atoms with E-state index in [-0.39, 0.29) is 29.7 Å². The molecule has 1 fully saturated rings. The number of nitrogens with one attached hydrogen (secondary N) is 2. The number of thioether (sulfide) groups is 1. The van der Waals surface area contributed by atoms with E-state index in [2.05, 4.69) is 15.8 Å². The molecule has 1 heterocycles. The van der Waals surface area contributed by atoms with Crippen LogP contribution in [0.25, 0.3) is 0 Å². The Balaban J connectivity index is 1.72. The van der Waals surface area contributed by atoms with Crippen LogP contribution in [0.3, 0.4) is 0 Å². The second-order valence-corrected chi connectivity index (χ2v) is 6.96. The molecule has 0 aliphatic heterocycles. The van der Waals surface area contributed by atoms with Crippen LogP contribution < -0.4 is 10.6 Å². The second kappa shape index (κ2) is 8.18. The fourth-order valence-corrected chi connectivity index (χ4v) is 3.48. The Morgan fingerprint density at radius 3 is 2.54 bits per heavy atom. The Labute approximate surface area is 143 Å². The summed E-state index contributed by atoms with van der Waals surface area (Å²) in [5.74, 6) is -0.285. The molecule has 3 N–H and O–H groups in total. The van der Waals surface area contributed by atoms with E-state index in [1.165, 1.54) is 11.8 Å². The molecule has 1 aromatic heterocycles. The Morgan fingerprint density at radius 1 is 1.29 bits per heavy atom. The molecule has 1 saturated carbocycles. The smallest absolute Gasteiger partial charge is 0.305 e. The van der Waals surface area contributed by atoms with E-state index in [0.29, 0.717) is 24.4 Å². The van der Waals surface area contributed by atoms with Gasteiger partial charge in [-0.3, -0.25) is 14.4 Å². The van der Waals surface area contributed by atoms with E-state index >= 15 is 0 Å². The number of hydrogen-bond acceptors (Lipinski definition) is 6. The van der Waals surface area contributed by atoms with Gasteiger partial charge in [-0.1, -0.05) is 18.0 Å². The van der Waals surface area contributed by atoms with Crippen molar-refractivity contribution in [1.82, 2.24) is 10.5 Å². The van der Waals surface area contributed by atoms with Crippen molar-refractivity contribution >= 4 is 35.4 Å². The molecule has 0 saturated heterocycles. The predicted molar refractivity (Wildman–Crippen MR) is 88.8 cm³/mol. The lowest BCUT2D eigenvalue weighted by Crippen LogP contribution is -2.48. The monoisotopic (exact) mass is 355 g/mol. The maximum Gasteiger partial charge on any atom is 0.305 e. The lowest BCUT2D eigenvalue weighted by Gasteiger charge is -2.28. The van der Waals surface area contributed by atoms with Crippen LogP contribution >= 0.6 is 11.8 Å². The van der Waals surface area contributed by atoms with Crippen LogP contribution in [0.15, 0.2) is 10.6 Å². The largest absolute Gasteiger partial charge is 0.481 e. The minimum atomic E-state index is -0.910. The molecule has 132 valence electrons. The summed E-state index contributed by atoms with van der Waals surface area (Å²) in [5, 5.41) is 18.1. The average Bonchev–Trinajstić information content (AvgIpc) is 3.07. The van der Waals surface area contributed by atoms with Crippen molar-refractivity contribution < 1.29 is 24.0 Å². The van der Waals surface area contributed by atoms with Crippen molar-refractivity contribution in [3.8, 4) is 0 Å². The van der Waals surface area contributed by atoms with Crippen LogP contribution in [0.4, 0.5) is 5.82 Å². The molecule has 24 heavy (non-hydrogen) atoms. The molecule has 0 atom stereocenters. The fraction of sp³-hybridized carbons (Fsp3) is 0.600. The first kappa shape index (κ1) is 18.3. The number of carboxylic acid groups (broad SMARTS) is 1. The number of anilines is 1. The van der Waals surface area contributed by atoms with E-state index in [9.17, 15) is 14.4 Å². The molecule has 2 amide bonds. The summed E-state index contributed by atoms with van der Waals surface area (Å²) in [6.07, 6.45) is 3.14. The third kappa shape index (κ3) is 5.55. The zero-order valence-electron chi connectivity index (χ0n) is 13.5. The molecule has 1 aliphatic rings. The number of carbonyl (C=O) groups is 3. The maximum atomic E-state index is 12.0. The summed E-state index contributed by atoms with van der Waals surface area (Å²) < 4.78 is 4.84. The van der Waals surface area contributed by atoms with Crippen LogP contribution in [-0.4, -0.2) is 45.1 Å². The fourth-order valence-electron chi connectivity index (χ4n) is 2.86. The molecule has 9 heteroatoms. The summed E-state index contributed by atoms with van der Waals surface area (Å²) in [4.78, 5) is 34.8. The Kier molecular flexibility index (Phi) is 6.24. The molecule has 1 aliphatic carbocycles. The summed E-state index contributed by atoms with van der Waals surface area (Å²) in [6.45, 7) is 1.72. The van der Waals surface area contributed by atoms with Crippen molar-refractivity contribution in [3.05, 3.63) is 11.8 Å². The van der Waals surface area contributed by atoms with Gasteiger partial charge in [0.15, 0.2) is 5.82 Å². The Bertz CT molecular complexity index is 610. The van der Waals surface area contributed by atoms with Crippen LogP contribution in [0.5, 0.6) is 0 Å². The van der Waals surface area contributed by atoms with Crippen LogP contribution in [0.2, 0.25) is 0 Å². The predicted octanol–water partition coefficient (Wildman–Crippen LogP) is 1.56. The lowest BCUT2D eigenvalue weighted by atomic mass is 9.93. The number of carbonyl (C=O) groups excluding carboxylic acids is 2. The van der Waals surface area contributed by atoms with Crippen molar-refractivity contribution in [1.29, 1.82) is 0 Å². The number of carboxylic acids is 1. The highest BCUT2D eigenvalue weighted by Crippen LogP contribution is 2.32. The molecule has 0 aromatic carbocycles. The topological polar surface area (TPSA) is 122 Å². The van der Waals surface area contributed by atoms with E-state index in [0.717, 1.165) is 12.8 Å². The third-order valence-electron chi connectivity index (χ3n) is 3.82. The number of aliphatic carboxylic acids is 1. The quantitative estimate of drug-likeness (QED) is 0.647. The normalized spacial score (nSPS) is 15.9. The van der Waals surface area contributed by atoms with Crippen molar-refractivity contribution in [2.24, 2.45) is 0 Å². The van der Waals surface area contributed by atoms with E-state index in [1.807, 2.05) is 0 Å². The van der Waals surface area contributed by atoms with E-state index in [4.69, 9.17) is 9.63 Å². The minimum absolute atomic E-state index is 0.0601. The van der Waals surface area contributed by atoms with Gasteiger partial charge in [0.05, 0.1) is 23.5 Å². The number of aryl methyl sites for hydroxylation is 1. The van der Waals surface area contributed by atoms with Gasteiger partial charge in [0, 0.05) is 6.07 Å². The van der Waals surface area contributed by atoms with E-state index in [1.54, 1.807) is 13.0 Å². The Hall–Kier alpha value is -2.03. The molecular formula is C15H21N3O5S. The number of aromatic nitrogens is 1. The molecule has 0 unspecified atom stereocenters. The van der Waals surface area contributed by atoms with Gasteiger partial charge < -0.3 is 20.3 Å². The molecule has 8 nitrogen and oxygen atoms in total. The first-order valence-corrected chi connectivity index (χ1v) is 8.88. The van der Waals surface area contributed by atoms with E-state index < -0.39 is 11.5 Å². The molecule has 1 aromatic rings. The average molecular weight is 355 g/mol. The van der Waals surface area contributed by atoms with Crippen molar-refractivity contribution in [3.63, 3.8) is 0 Å². The highest BCUT2D eigenvalue weighted by molar-refractivity contribution is 8.00. The highest BCUT2D eigenvalue weighted by atomic mass is 32.2. The number of amides is 2.